The summed E-state index contributed by atoms with van der Waals surface area (Å²) in [4.78, 5) is 27.4. The van der Waals surface area contributed by atoms with Crippen LogP contribution in [0.1, 0.15) is 28.1 Å². The van der Waals surface area contributed by atoms with Crippen molar-refractivity contribution in [3.8, 4) is 11.5 Å². The van der Waals surface area contributed by atoms with Gasteiger partial charge in [-0.3, -0.25) is 9.59 Å². The molecule has 2 aromatic rings. The second-order valence-corrected chi connectivity index (χ2v) is 10.8. The van der Waals surface area contributed by atoms with Crippen LogP contribution in [0.25, 0.3) is 0 Å². The van der Waals surface area contributed by atoms with E-state index in [0.717, 1.165) is 24.2 Å². The van der Waals surface area contributed by atoms with Crippen molar-refractivity contribution in [1.82, 2.24) is 9.21 Å². The molecule has 1 N–H and O–H groups in total. The fraction of sp³-hybridized carbons (Fsp3) is 0.429. The number of sulfonamides is 1. The van der Waals surface area contributed by atoms with Crippen molar-refractivity contribution in [2.24, 2.45) is 0 Å². The molecular formula is C21H27N3O6S2. The SMILES string of the molecule is COc1cc(NC(=O)Cc2ccc(S(=O)(=O)N3CCCC3)s2)c(C(=O)N(C)C)cc1OC. The van der Waals surface area contributed by atoms with Gasteiger partial charge in [0.15, 0.2) is 11.5 Å². The van der Waals surface area contributed by atoms with Gasteiger partial charge in [-0.1, -0.05) is 0 Å². The molecule has 2 amide bonds. The molecule has 174 valence electrons. The van der Waals surface area contributed by atoms with E-state index >= 15 is 0 Å². The van der Waals surface area contributed by atoms with E-state index in [4.69, 9.17) is 9.47 Å². The maximum absolute atomic E-state index is 12.7. The van der Waals surface area contributed by atoms with E-state index in [1.54, 1.807) is 26.2 Å². The van der Waals surface area contributed by atoms with Crippen LogP contribution in [0.4, 0.5) is 5.69 Å². The summed E-state index contributed by atoms with van der Waals surface area (Å²) in [6.07, 6.45) is 1.70. The topological polar surface area (TPSA) is 105 Å². The Kier molecular flexibility index (Phi) is 7.42. The number of ether oxygens (including phenoxy) is 2. The summed E-state index contributed by atoms with van der Waals surface area (Å²) in [7, 11) is 2.63. The van der Waals surface area contributed by atoms with Crippen molar-refractivity contribution >= 4 is 38.9 Å². The number of anilines is 1. The van der Waals surface area contributed by atoms with Crippen molar-refractivity contribution in [2.75, 3.05) is 46.7 Å². The Bertz CT molecular complexity index is 1100. The zero-order valence-electron chi connectivity index (χ0n) is 18.5. The monoisotopic (exact) mass is 481 g/mol. The van der Waals surface area contributed by atoms with E-state index in [9.17, 15) is 18.0 Å². The number of hydrogen-bond acceptors (Lipinski definition) is 7. The number of carbonyl (C=O) groups excluding carboxylic acids is 2. The number of thiophene rings is 1. The minimum absolute atomic E-state index is 0.0237. The third kappa shape index (κ3) is 5.05. The Hall–Kier alpha value is -2.63. The number of amides is 2. The average Bonchev–Trinajstić information content (AvgIpc) is 3.45. The van der Waals surface area contributed by atoms with E-state index in [1.165, 1.54) is 35.6 Å². The van der Waals surface area contributed by atoms with Gasteiger partial charge in [-0.2, -0.15) is 4.31 Å². The Balaban J connectivity index is 1.80. The first-order valence-electron chi connectivity index (χ1n) is 10.0. The van der Waals surface area contributed by atoms with Crippen LogP contribution in [0.5, 0.6) is 11.5 Å². The molecule has 11 heteroatoms. The van der Waals surface area contributed by atoms with Crippen LogP contribution in [0.3, 0.4) is 0 Å². The predicted octanol–water partition coefficient (Wildman–Crippen LogP) is 2.43. The van der Waals surface area contributed by atoms with Crippen LogP contribution in [0.2, 0.25) is 0 Å². The Morgan fingerprint density at radius 2 is 1.72 bits per heavy atom. The molecule has 1 aliphatic rings. The highest BCUT2D eigenvalue weighted by molar-refractivity contribution is 7.91. The lowest BCUT2D eigenvalue weighted by Crippen LogP contribution is -2.27. The highest BCUT2D eigenvalue weighted by atomic mass is 32.2. The second-order valence-electron chi connectivity index (χ2n) is 7.51. The molecule has 1 fully saturated rings. The number of methoxy groups -OCH3 is 2. The molecule has 1 aromatic carbocycles. The van der Waals surface area contributed by atoms with E-state index in [1.807, 2.05) is 0 Å². The van der Waals surface area contributed by atoms with Gasteiger partial charge in [-0.15, -0.1) is 11.3 Å². The fourth-order valence-electron chi connectivity index (χ4n) is 3.40. The number of benzene rings is 1. The van der Waals surface area contributed by atoms with Gasteiger partial charge in [0.1, 0.15) is 4.21 Å². The minimum atomic E-state index is -3.52. The van der Waals surface area contributed by atoms with Gasteiger partial charge in [0.05, 0.1) is 31.9 Å². The summed E-state index contributed by atoms with van der Waals surface area (Å²) >= 11 is 1.08. The van der Waals surface area contributed by atoms with Crippen molar-refractivity contribution in [2.45, 2.75) is 23.5 Å². The molecule has 0 bridgehead atoms. The average molecular weight is 482 g/mol. The van der Waals surface area contributed by atoms with E-state index in [0.29, 0.717) is 29.5 Å². The highest BCUT2D eigenvalue weighted by Crippen LogP contribution is 2.34. The number of rotatable bonds is 8. The van der Waals surface area contributed by atoms with Crippen LogP contribution in [-0.4, -0.2) is 70.8 Å². The molecule has 32 heavy (non-hydrogen) atoms. The molecule has 0 aliphatic carbocycles. The molecule has 0 saturated carbocycles. The fourth-order valence-corrected chi connectivity index (χ4v) is 6.43. The van der Waals surface area contributed by atoms with E-state index in [-0.39, 0.29) is 33.7 Å². The van der Waals surface area contributed by atoms with Gasteiger partial charge in [-0.25, -0.2) is 8.42 Å². The van der Waals surface area contributed by atoms with Crippen LogP contribution in [0.15, 0.2) is 28.5 Å². The summed E-state index contributed by atoms with van der Waals surface area (Å²) in [5, 5.41) is 2.75. The molecule has 1 aliphatic heterocycles. The molecule has 0 atom stereocenters. The molecule has 0 unspecified atom stereocenters. The maximum atomic E-state index is 12.7. The van der Waals surface area contributed by atoms with Gasteiger partial charge < -0.3 is 19.7 Å². The second kappa shape index (κ2) is 9.88. The van der Waals surface area contributed by atoms with Crippen LogP contribution < -0.4 is 14.8 Å². The van der Waals surface area contributed by atoms with Gasteiger partial charge in [-0.05, 0) is 31.0 Å². The largest absolute Gasteiger partial charge is 0.493 e. The molecule has 0 spiro atoms. The predicted molar refractivity (Wildman–Crippen MR) is 122 cm³/mol. The molecule has 2 heterocycles. The van der Waals surface area contributed by atoms with Crippen molar-refractivity contribution in [3.05, 3.63) is 34.7 Å². The van der Waals surface area contributed by atoms with E-state index in [2.05, 4.69) is 5.32 Å². The molecule has 1 saturated heterocycles. The first kappa shape index (κ1) is 24.0. The lowest BCUT2D eigenvalue weighted by molar-refractivity contribution is -0.115. The smallest absolute Gasteiger partial charge is 0.255 e. The lowest BCUT2D eigenvalue weighted by Gasteiger charge is -2.18. The number of nitrogens with zero attached hydrogens (tertiary/aromatic N) is 2. The zero-order valence-corrected chi connectivity index (χ0v) is 20.1. The van der Waals surface area contributed by atoms with Crippen LogP contribution in [-0.2, 0) is 21.2 Å². The third-order valence-corrected chi connectivity index (χ3v) is 8.52. The van der Waals surface area contributed by atoms with Gasteiger partial charge in [0, 0.05) is 38.1 Å². The number of nitrogens with one attached hydrogen (secondary N) is 1. The number of hydrogen-bond donors (Lipinski definition) is 1. The van der Waals surface area contributed by atoms with E-state index < -0.39 is 10.0 Å². The first-order valence-corrected chi connectivity index (χ1v) is 12.3. The van der Waals surface area contributed by atoms with Crippen molar-refractivity contribution < 1.29 is 27.5 Å². The van der Waals surface area contributed by atoms with Crippen LogP contribution in [0, 0.1) is 0 Å². The summed E-state index contributed by atoms with van der Waals surface area (Å²) in [6.45, 7) is 1.05. The molecule has 3 rings (SSSR count). The van der Waals surface area contributed by atoms with Gasteiger partial charge in [0.2, 0.25) is 5.91 Å². The van der Waals surface area contributed by atoms with Gasteiger partial charge in [0.25, 0.3) is 15.9 Å². The zero-order chi connectivity index (χ0) is 23.5. The maximum Gasteiger partial charge on any atom is 0.255 e. The summed E-state index contributed by atoms with van der Waals surface area (Å²) < 4.78 is 37.7. The minimum Gasteiger partial charge on any atom is -0.493 e. The summed E-state index contributed by atoms with van der Waals surface area (Å²) in [5.74, 6) is 0.0484. The Morgan fingerprint density at radius 3 is 2.31 bits per heavy atom. The quantitative estimate of drug-likeness (QED) is 0.621. The normalized spacial score (nSPS) is 14.2. The molecule has 0 radical (unpaired) electrons. The third-order valence-electron chi connectivity index (χ3n) is 5.07. The standard InChI is InChI=1S/C21H27N3O6S2/c1-23(2)21(26)15-12-17(29-3)18(30-4)13-16(15)22-19(25)11-14-7-8-20(31-14)32(27,28)24-9-5-6-10-24/h7-8,12-13H,5-6,9-11H2,1-4H3,(H,22,25). The lowest BCUT2D eigenvalue weighted by atomic mass is 10.1. The Labute approximate surface area is 192 Å². The Morgan fingerprint density at radius 1 is 1.09 bits per heavy atom. The van der Waals surface area contributed by atoms with Crippen molar-refractivity contribution in [3.63, 3.8) is 0 Å². The number of carbonyl (C=O) groups is 2. The van der Waals surface area contributed by atoms with Gasteiger partial charge >= 0.3 is 0 Å². The summed E-state index contributed by atoms with van der Waals surface area (Å²) in [6, 6.07) is 6.24. The first-order chi connectivity index (χ1) is 15.2. The summed E-state index contributed by atoms with van der Waals surface area (Å²) in [5.41, 5.74) is 0.539. The van der Waals surface area contributed by atoms with Crippen molar-refractivity contribution in [1.29, 1.82) is 0 Å². The molecular weight excluding hydrogens is 454 g/mol. The van der Waals surface area contributed by atoms with Crippen LogP contribution >= 0.6 is 11.3 Å². The molecule has 1 aromatic heterocycles. The molecule has 9 nitrogen and oxygen atoms in total. The highest BCUT2D eigenvalue weighted by Gasteiger charge is 2.29.